The minimum Gasteiger partial charge on any atom is -0.504 e. The summed E-state index contributed by atoms with van der Waals surface area (Å²) >= 11 is 0. The van der Waals surface area contributed by atoms with Gasteiger partial charge in [0, 0.05) is 17.5 Å². The molecule has 2 atom stereocenters. The Balaban J connectivity index is 1.98. The van der Waals surface area contributed by atoms with Gasteiger partial charge in [-0.05, 0) is 23.8 Å². The number of fused-ring (bicyclic) bond motifs is 1. The molecule has 22 heavy (non-hydrogen) atoms. The second-order valence-electron chi connectivity index (χ2n) is 5.32. The van der Waals surface area contributed by atoms with E-state index in [1.54, 1.807) is 24.3 Å². The van der Waals surface area contributed by atoms with Gasteiger partial charge < -0.3 is 24.4 Å². The first-order valence-electron chi connectivity index (χ1n) is 6.99. The number of rotatable bonds is 3. The molecule has 5 heteroatoms. The van der Waals surface area contributed by atoms with Gasteiger partial charge in [-0.15, -0.1) is 0 Å². The molecule has 1 aliphatic heterocycles. The van der Waals surface area contributed by atoms with Crippen LogP contribution in [-0.2, 0) is 0 Å². The summed E-state index contributed by atoms with van der Waals surface area (Å²) in [6, 6.07) is 8.53. The summed E-state index contributed by atoms with van der Waals surface area (Å²) in [5, 5.41) is 19.6. The van der Waals surface area contributed by atoms with Gasteiger partial charge in [0.15, 0.2) is 23.0 Å². The number of phenolic OH excluding ortho intramolecular Hbond substituents is 2. The van der Waals surface area contributed by atoms with E-state index >= 15 is 0 Å². The standard InChI is InChI=1S/C17H18O5/c1-9-11-7-13(19)16(21-3)8-14(11)22-17(9)10-4-5-12(18)15(6-10)20-2/h4-9,17-19H,1-3H3. The lowest BCUT2D eigenvalue weighted by atomic mass is 9.92. The Kier molecular flexibility index (Phi) is 3.48. The highest BCUT2D eigenvalue weighted by atomic mass is 16.5. The Morgan fingerprint density at radius 1 is 0.955 bits per heavy atom. The first-order chi connectivity index (χ1) is 10.5. The Morgan fingerprint density at radius 3 is 2.32 bits per heavy atom. The molecule has 5 nitrogen and oxygen atoms in total. The van der Waals surface area contributed by atoms with E-state index in [2.05, 4.69) is 0 Å². The number of phenols is 2. The van der Waals surface area contributed by atoms with Gasteiger partial charge in [0.05, 0.1) is 14.2 Å². The van der Waals surface area contributed by atoms with Gasteiger partial charge >= 0.3 is 0 Å². The topological polar surface area (TPSA) is 68.2 Å². The molecule has 0 bridgehead atoms. The van der Waals surface area contributed by atoms with Crippen LogP contribution >= 0.6 is 0 Å². The van der Waals surface area contributed by atoms with E-state index in [9.17, 15) is 10.2 Å². The first-order valence-corrected chi connectivity index (χ1v) is 6.99. The predicted octanol–water partition coefficient (Wildman–Crippen LogP) is 3.35. The number of methoxy groups -OCH3 is 2. The van der Waals surface area contributed by atoms with Crippen LogP contribution < -0.4 is 14.2 Å². The summed E-state index contributed by atoms with van der Waals surface area (Å²) in [7, 11) is 3.01. The molecular weight excluding hydrogens is 284 g/mol. The molecule has 0 aliphatic carbocycles. The maximum absolute atomic E-state index is 9.93. The zero-order chi connectivity index (χ0) is 15.9. The van der Waals surface area contributed by atoms with Crippen LogP contribution in [0.15, 0.2) is 30.3 Å². The van der Waals surface area contributed by atoms with Crippen molar-refractivity contribution in [2.75, 3.05) is 14.2 Å². The van der Waals surface area contributed by atoms with Crippen LogP contribution in [0.1, 0.15) is 30.1 Å². The van der Waals surface area contributed by atoms with Crippen molar-refractivity contribution in [2.45, 2.75) is 18.9 Å². The molecule has 0 saturated carbocycles. The van der Waals surface area contributed by atoms with Gasteiger partial charge in [-0.3, -0.25) is 0 Å². The lowest BCUT2D eigenvalue weighted by Crippen LogP contribution is -2.07. The highest BCUT2D eigenvalue weighted by Crippen LogP contribution is 2.50. The third kappa shape index (κ3) is 2.19. The van der Waals surface area contributed by atoms with Crippen LogP contribution in [0, 0.1) is 0 Å². The smallest absolute Gasteiger partial charge is 0.164 e. The molecule has 0 fully saturated rings. The van der Waals surface area contributed by atoms with E-state index in [1.807, 2.05) is 13.0 Å². The fraction of sp³-hybridized carbons (Fsp3) is 0.294. The first kappa shape index (κ1) is 14.4. The third-order valence-corrected chi connectivity index (χ3v) is 4.04. The lowest BCUT2D eigenvalue weighted by Gasteiger charge is -2.17. The SMILES string of the molecule is COc1cc(C2Oc3cc(OC)c(O)cc3C2C)ccc1O. The van der Waals surface area contributed by atoms with Gasteiger partial charge in [-0.25, -0.2) is 0 Å². The van der Waals surface area contributed by atoms with Crippen LogP contribution in [-0.4, -0.2) is 24.4 Å². The molecule has 1 aliphatic rings. The summed E-state index contributed by atoms with van der Waals surface area (Å²) in [4.78, 5) is 0. The quantitative estimate of drug-likeness (QED) is 0.910. The van der Waals surface area contributed by atoms with Crippen molar-refractivity contribution in [3.05, 3.63) is 41.5 Å². The number of aromatic hydroxyl groups is 2. The molecule has 1 heterocycles. The average Bonchev–Trinajstić information content (AvgIpc) is 2.83. The second-order valence-corrected chi connectivity index (χ2v) is 5.32. The molecular formula is C17H18O5. The summed E-state index contributed by atoms with van der Waals surface area (Å²) in [5.41, 5.74) is 1.83. The highest BCUT2D eigenvalue weighted by molar-refractivity contribution is 5.54. The van der Waals surface area contributed by atoms with E-state index in [0.717, 1.165) is 11.1 Å². The summed E-state index contributed by atoms with van der Waals surface area (Å²) in [6.45, 7) is 2.03. The number of benzene rings is 2. The van der Waals surface area contributed by atoms with Gasteiger partial charge in [0.1, 0.15) is 11.9 Å². The molecule has 0 aromatic heterocycles. The van der Waals surface area contributed by atoms with Crippen LogP contribution in [0.25, 0.3) is 0 Å². The molecule has 0 radical (unpaired) electrons. The van der Waals surface area contributed by atoms with Crippen molar-refractivity contribution in [2.24, 2.45) is 0 Å². The number of hydrogen-bond acceptors (Lipinski definition) is 5. The van der Waals surface area contributed by atoms with E-state index in [4.69, 9.17) is 14.2 Å². The second kappa shape index (κ2) is 5.33. The normalized spacial score (nSPS) is 19.4. The van der Waals surface area contributed by atoms with E-state index in [-0.39, 0.29) is 23.5 Å². The van der Waals surface area contributed by atoms with Gasteiger partial charge in [0.25, 0.3) is 0 Å². The number of hydrogen-bond donors (Lipinski definition) is 2. The van der Waals surface area contributed by atoms with Crippen molar-refractivity contribution in [1.29, 1.82) is 0 Å². The van der Waals surface area contributed by atoms with E-state index in [1.165, 1.54) is 14.2 Å². The molecule has 2 unspecified atom stereocenters. The van der Waals surface area contributed by atoms with Crippen molar-refractivity contribution in [1.82, 2.24) is 0 Å². The largest absolute Gasteiger partial charge is 0.504 e. The predicted molar refractivity (Wildman–Crippen MR) is 81.1 cm³/mol. The summed E-state index contributed by atoms with van der Waals surface area (Å²) in [6.07, 6.45) is -0.212. The van der Waals surface area contributed by atoms with E-state index in [0.29, 0.717) is 17.2 Å². The Bertz CT molecular complexity index is 710. The molecule has 2 aromatic carbocycles. The van der Waals surface area contributed by atoms with E-state index < -0.39 is 0 Å². The molecule has 2 aromatic rings. The Hall–Kier alpha value is -2.56. The van der Waals surface area contributed by atoms with Crippen LogP contribution in [0.3, 0.4) is 0 Å². The summed E-state index contributed by atoms with van der Waals surface area (Å²) in [5.74, 6) is 1.73. The zero-order valence-electron chi connectivity index (χ0n) is 12.7. The highest BCUT2D eigenvalue weighted by Gasteiger charge is 2.34. The minimum absolute atomic E-state index is 0.0565. The van der Waals surface area contributed by atoms with Crippen molar-refractivity contribution in [3.8, 4) is 28.7 Å². The van der Waals surface area contributed by atoms with Gasteiger partial charge in [-0.2, -0.15) is 0 Å². The Morgan fingerprint density at radius 2 is 1.64 bits per heavy atom. The molecule has 0 amide bonds. The molecule has 116 valence electrons. The van der Waals surface area contributed by atoms with Gasteiger partial charge in [0.2, 0.25) is 0 Å². The van der Waals surface area contributed by atoms with Crippen LogP contribution in [0.2, 0.25) is 0 Å². The van der Waals surface area contributed by atoms with Crippen molar-refractivity contribution < 1.29 is 24.4 Å². The average molecular weight is 302 g/mol. The lowest BCUT2D eigenvalue weighted by molar-refractivity contribution is 0.214. The van der Waals surface area contributed by atoms with Crippen LogP contribution in [0.5, 0.6) is 28.7 Å². The minimum atomic E-state index is -0.212. The summed E-state index contributed by atoms with van der Waals surface area (Å²) < 4.78 is 16.3. The van der Waals surface area contributed by atoms with Crippen molar-refractivity contribution >= 4 is 0 Å². The molecule has 0 saturated heterocycles. The van der Waals surface area contributed by atoms with Crippen LogP contribution in [0.4, 0.5) is 0 Å². The van der Waals surface area contributed by atoms with Gasteiger partial charge in [-0.1, -0.05) is 13.0 Å². The fourth-order valence-corrected chi connectivity index (χ4v) is 2.82. The monoisotopic (exact) mass is 302 g/mol. The fourth-order valence-electron chi connectivity index (χ4n) is 2.82. The van der Waals surface area contributed by atoms with Crippen molar-refractivity contribution in [3.63, 3.8) is 0 Å². The zero-order valence-corrected chi connectivity index (χ0v) is 12.7. The molecule has 3 rings (SSSR count). The number of ether oxygens (including phenoxy) is 3. The molecule has 0 spiro atoms. The third-order valence-electron chi connectivity index (χ3n) is 4.04. The Labute approximate surface area is 128 Å². The molecule has 2 N–H and O–H groups in total. The maximum Gasteiger partial charge on any atom is 0.164 e. The maximum atomic E-state index is 9.93.